The van der Waals surface area contributed by atoms with Gasteiger partial charge in [0.05, 0.1) is 12.0 Å². The van der Waals surface area contributed by atoms with Crippen molar-refractivity contribution in [3.05, 3.63) is 96.1 Å². The largest absolute Gasteiger partial charge is 0.496 e. The Bertz CT molecular complexity index is 1500. The van der Waals surface area contributed by atoms with Crippen LogP contribution in [0.3, 0.4) is 0 Å². The Morgan fingerprint density at radius 1 is 0.943 bits per heavy atom. The molecule has 4 N–H and O–H groups in total. The van der Waals surface area contributed by atoms with Crippen LogP contribution >= 0.6 is 11.8 Å². The zero-order valence-corrected chi connectivity index (χ0v) is 20.0. The molecule has 35 heavy (non-hydrogen) atoms. The highest BCUT2D eigenvalue weighted by atomic mass is 32.2. The summed E-state index contributed by atoms with van der Waals surface area (Å²) >= 11 is 1.52. The van der Waals surface area contributed by atoms with Gasteiger partial charge in [-0.2, -0.15) is 0 Å². The molecule has 0 aliphatic rings. The zero-order chi connectivity index (χ0) is 24.2. The third-order valence-electron chi connectivity index (χ3n) is 5.80. The number of rotatable bonds is 8. The number of hydrogen-bond donors (Lipinski definition) is 3. The minimum Gasteiger partial charge on any atom is -0.496 e. The van der Waals surface area contributed by atoms with Gasteiger partial charge in [0.15, 0.2) is 0 Å². The number of ether oxygens (including phenoxy) is 2. The van der Waals surface area contributed by atoms with E-state index in [4.69, 9.17) is 15.2 Å². The van der Waals surface area contributed by atoms with Crippen molar-refractivity contribution in [3.8, 4) is 11.6 Å². The van der Waals surface area contributed by atoms with Gasteiger partial charge in [-0.3, -0.25) is 0 Å². The van der Waals surface area contributed by atoms with Gasteiger partial charge in [-0.05, 0) is 40.6 Å². The van der Waals surface area contributed by atoms with Gasteiger partial charge in [0.2, 0.25) is 5.88 Å². The van der Waals surface area contributed by atoms with Crippen LogP contribution in [-0.4, -0.2) is 18.2 Å². The fourth-order valence-electron chi connectivity index (χ4n) is 4.21. The lowest BCUT2D eigenvalue weighted by atomic mass is 10.0. The van der Waals surface area contributed by atoms with E-state index in [0.29, 0.717) is 19.0 Å². The van der Waals surface area contributed by atoms with Crippen LogP contribution in [0.1, 0.15) is 11.1 Å². The summed E-state index contributed by atoms with van der Waals surface area (Å²) < 4.78 is 10.9. The summed E-state index contributed by atoms with van der Waals surface area (Å²) in [5, 5.41) is 6.87. The molecule has 0 spiro atoms. The molecule has 5 rings (SSSR count). The number of primary amides is 1. The molecule has 0 saturated carbocycles. The summed E-state index contributed by atoms with van der Waals surface area (Å²) in [5.74, 6) is 1.22. The Morgan fingerprint density at radius 3 is 2.54 bits per heavy atom. The van der Waals surface area contributed by atoms with Crippen molar-refractivity contribution in [1.82, 2.24) is 10.3 Å². The van der Waals surface area contributed by atoms with Gasteiger partial charge < -0.3 is 25.5 Å². The van der Waals surface area contributed by atoms with Gasteiger partial charge in [0.25, 0.3) is 0 Å². The lowest BCUT2D eigenvalue weighted by Crippen LogP contribution is -2.16. The van der Waals surface area contributed by atoms with Crippen LogP contribution in [-0.2, 0) is 13.1 Å². The molecule has 5 aromatic rings. The van der Waals surface area contributed by atoms with Crippen molar-refractivity contribution in [2.75, 3.05) is 7.11 Å². The number of carbonyl (C=O) groups excluding carboxylic acids is 1. The highest BCUT2D eigenvalue weighted by Crippen LogP contribution is 2.41. The van der Waals surface area contributed by atoms with Crippen LogP contribution in [0.4, 0.5) is 4.79 Å². The molecule has 4 aromatic carbocycles. The number of nitrogens with two attached hydrogens (primary N) is 1. The molecule has 1 amide bonds. The first kappa shape index (κ1) is 22.8. The highest BCUT2D eigenvalue weighted by molar-refractivity contribution is 7.99. The lowest BCUT2D eigenvalue weighted by Gasteiger charge is -2.13. The topological polar surface area (TPSA) is 89.4 Å². The maximum absolute atomic E-state index is 11.5. The van der Waals surface area contributed by atoms with Gasteiger partial charge in [-0.1, -0.05) is 72.4 Å². The Balaban J connectivity index is 1.38. The minimum absolute atomic E-state index is 0.354. The molecule has 176 valence electrons. The van der Waals surface area contributed by atoms with Crippen molar-refractivity contribution in [1.29, 1.82) is 0 Å². The Hall–Kier alpha value is -3.94. The van der Waals surface area contributed by atoms with E-state index in [9.17, 15) is 4.79 Å². The smallest absolute Gasteiger partial charge is 0.411 e. The molecular weight excluding hydrogens is 458 g/mol. The first-order chi connectivity index (χ1) is 17.1. The third-order valence-corrected chi connectivity index (χ3v) is 6.91. The number of H-pyrrole nitrogens is 1. The molecule has 0 bridgehead atoms. The normalized spacial score (nSPS) is 11.1. The molecule has 0 atom stereocenters. The number of nitrogens with one attached hydrogen (secondary N) is 2. The van der Waals surface area contributed by atoms with E-state index >= 15 is 0 Å². The summed E-state index contributed by atoms with van der Waals surface area (Å²) in [4.78, 5) is 16.6. The van der Waals surface area contributed by atoms with E-state index in [1.54, 1.807) is 7.11 Å². The number of hydrogen-bond acceptors (Lipinski definition) is 5. The second-order valence-electron chi connectivity index (χ2n) is 8.07. The molecule has 6 nitrogen and oxygen atoms in total. The van der Waals surface area contributed by atoms with Crippen LogP contribution < -0.4 is 20.5 Å². The van der Waals surface area contributed by atoms with E-state index in [-0.39, 0.29) is 0 Å². The summed E-state index contributed by atoms with van der Waals surface area (Å²) in [6.07, 6.45) is -0.850. The molecule has 0 saturated heterocycles. The molecule has 0 radical (unpaired) electrons. The van der Waals surface area contributed by atoms with Crippen LogP contribution in [0.25, 0.3) is 21.7 Å². The summed E-state index contributed by atoms with van der Waals surface area (Å²) in [6.45, 7) is 1.33. The van der Waals surface area contributed by atoms with E-state index < -0.39 is 6.09 Å². The van der Waals surface area contributed by atoms with Gasteiger partial charge in [0, 0.05) is 34.5 Å². The zero-order valence-electron chi connectivity index (χ0n) is 19.2. The van der Waals surface area contributed by atoms with Crippen molar-refractivity contribution in [3.63, 3.8) is 0 Å². The average Bonchev–Trinajstić information content (AvgIpc) is 3.20. The molecule has 0 unspecified atom stereocenters. The standard InChI is InChI=1S/C28H25N3O3S/c1-33-25-14-12-19-7-5-6-10-21(19)23(25)17-30-16-18-11-13-22-24(15-18)31-27(34-28(29)32)26(22)35-20-8-3-2-4-9-20/h2-15,30-31H,16-17H2,1H3,(H2,29,32). The summed E-state index contributed by atoms with van der Waals surface area (Å²) in [6, 6.07) is 28.5. The number of methoxy groups -OCH3 is 1. The van der Waals surface area contributed by atoms with Gasteiger partial charge in [-0.25, -0.2) is 4.79 Å². The van der Waals surface area contributed by atoms with Gasteiger partial charge in [0.1, 0.15) is 5.75 Å². The summed E-state index contributed by atoms with van der Waals surface area (Å²) in [5.41, 5.74) is 8.42. The van der Waals surface area contributed by atoms with Crippen molar-refractivity contribution in [2.24, 2.45) is 5.73 Å². The van der Waals surface area contributed by atoms with Crippen molar-refractivity contribution in [2.45, 2.75) is 22.9 Å². The molecule has 0 fully saturated rings. The minimum atomic E-state index is -0.850. The van der Waals surface area contributed by atoms with E-state index in [1.807, 2.05) is 54.6 Å². The third kappa shape index (κ3) is 4.96. The first-order valence-corrected chi connectivity index (χ1v) is 12.0. The number of aromatic amines is 1. The van der Waals surface area contributed by atoms with Crippen LogP contribution in [0.5, 0.6) is 11.6 Å². The fourth-order valence-corrected chi connectivity index (χ4v) is 5.21. The monoisotopic (exact) mass is 483 g/mol. The van der Waals surface area contributed by atoms with E-state index in [1.165, 1.54) is 22.5 Å². The van der Waals surface area contributed by atoms with Crippen LogP contribution in [0, 0.1) is 0 Å². The Kier molecular flexibility index (Phi) is 6.61. The molecule has 0 aliphatic heterocycles. The Morgan fingerprint density at radius 2 is 1.74 bits per heavy atom. The van der Waals surface area contributed by atoms with Gasteiger partial charge in [-0.15, -0.1) is 0 Å². The number of amides is 1. The second-order valence-corrected chi connectivity index (χ2v) is 9.15. The van der Waals surface area contributed by atoms with Crippen molar-refractivity contribution >= 4 is 39.5 Å². The molecular formula is C28H25N3O3S. The Labute approximate surface area is 207 Å². The highest BCUT2D eigenvalue weighted by Gasteiger charge is 2.17. The maximum Gasteiger partial charge on any atom is 0.411 e. The average molecular weight is 484 g/mol. The predicted molar refractivity (Wildman–Crippen MR) is 140 cm³/mol. The predicted octanol–water partition coefficient (Wildman–Crippen LogP) is 6.23. The van der Waals surface area contributed by atoms with E-state index in [0.717, 1.165) is 37.6 Å². The number of benzene rings is 4. The maximum atomic E-state index is 11.5. The SMILES string of the molecule is COc1ccc2ccccc2c1CNCc1ccc2c(Sc3ccccc3)c(OC(N)=O)[nH]c2c1. The number of carbonyl (C=O) groups is 1. The van der Waals surface area contributed by atoms with Crippen molar-refractivity contribution < 1.29 is 14.3 Å². The molecule has 1 heterocycles. The summed E-state index contributed by atoms with van der Waals surface area (Å²) in [7, 11) is 1.70. The number of aromatic nitrogens is 1. The second kappa shape index (κ2) is 10.1. The first-order valence-electron chi connectivity index (χ1n) is 11.2. The fraction of sp³-hybridized carbons (Fsp3) is 0.107. The van der Waals surface area contributed by atoms with Crippen LogP contribution in [0.2, 0.25) is 0 Å². The van der Waals surface area contributed by atoms with E-state index in [2.05, 4.69) is 40.6 Å². The van der Waals surface area contributed by atoms with Crippen LogP contribution in [0.15, 0.2) is 94.7 Å². The quantitative estimate of drug-likeness (QED) is 0.243. The molecule has 1 aromatic heterocycles. The van der Waals surface area contributed by atoms with Gasteiger partial charge >= 0.3 is 6.09 Å². The number of fused-ring (bicyclic) bond motifs is 2. The molecule has 0 aliphatic carbocycles. The molecule has 7 heteroatoms. The lowest BCUT2D eigenvalue weighted by molar-refractivity contribution is 0.208.